The second kappa shape index (κ2) is 8.28. The monoisotopic (exact) mass is 444 g/mol. The van der Waals surface area contributed by atoms with Gasteiger partial charge in [-0.05, 0) is 42.2 Å². The molecule has 1 aliphatic heterocycles. The van der Waals surface area contributed by atoms with Gasteiger partial charge in [-0.25, -0.2) is 14.6 Å². The van der Waals surface area contributed by atoms with Gasteiger partial charge in [0.25, 0.3) is 0 Å². The van der Waals surface area contributed by atoms with Gasteiger partial charge < -0.3 is 10.2 Å². The molecule has 7 heteroatoms. The molecule has 6 nitrogen and oxygen atoms in total. The molecule has 1 N–H and O–H groups in total. The molecule has 0 radical (unpaired) electrons. The van der Waals surface area contributed by atoms with Crippen LogP contribution in [0, 0.1) is 6.92 Å². The van der Waals surface area contributed by atoms with E-state index in [2.05, 4.69) is 76.6 Å². The number of fused-ring (bicyclic) bond motifs is 1. The fourth-order valence-corrected chi connectivity index (χ4v) is 4.35. The van der Waals surface area contributed by atoms with Gasteiger partial charge >= 0.3 is 0 Å². The molecule has 0 bridgehead atoms. The van der Waals surface area contributed by atoms with E-state index in [0.717, 1.165) is 40.8 Å². The first-order valence-electron chi connectivity index (χ1n) is 10.8. The quantitative estimate of drug-likeness (QED) is 0.421. The number of nitrogens with zero attached hydrogens (tertiary/aromatic N) is 5. The summed E-state index contributed by atoms with van der Waals surface area (Å²) < 4.78 is 1.85. The number of nitrogens with one attached hydrogen (secondary N) is 1. The van der Waals surface area contributed by atoms with E-state index in [1.807, 2.05) is 29.9 Å². The van der Waals surface area contributed by atoms with Crippen LogP contribution in [0.1, 0.15) is 36.6 Å². The van der Waals surface area contributed by atoms with Gasteiger partial charge in [0, 0.05) is 17.8 Å². The first-order valence-corrected chi connectivity index (χ1v) is 11.1. The second-order valence-corrected chi connectivity index (χ2v) is 8.78. The Labute approximate surface area is 192 Å². The van der Waals surface area contributed by atoms with Crippen LogP contribution < -0.4 is 10.2 Å². The van der Waals surface area contributed by atoms with Crippen molar-refractivity contribution in [3.8, 4) is 17.1 Å². The Balaban J connectivity index is 1.40. The van der Waals surface area contributed by atoms with Crippen LogP contribution in [0.3, 0.4) is 0 Å². The SMILES string of the molecule is Cc1cc(Cl)nn1-c1ccc(CN2CNc3cnc(-c4ccccc4C(C)C)nc32)cc1. The molecule has 2 aromatic heterocycles. The Morgan fingerprint density at radius 2 is 1.88 bits per heavy atom. The van der Waals surface area contributed by atoms with Crippen LogP contribution in [-0.4, -0.2) is 26.4 Å². The fourth-order valence-electron chi connectivity index (χ4n) is 4.12. The maximum atomic E-state index is 6.03. The molecule has 3 heterocycles. The van der Waals surface area contributed by atoms with Crippen LogP contribution in [0.4, 0.5) is 11.5 Å². The zero-order valence-electron chi connectivity index (χ0n) is 18.4. The smallest absolute Gasteiger partial charge is 0.161 e. The molecular formula is C25H25ClN6. The first-order chi connectivity index (χ1) is 15.5. The largest absolute Gasteiger partial charge is 0.363 e. The molecule has 0 unspecified atom stereocenters. The highest BCUT2D eigenvalue weighted by Gasteiger charge is 2.22. The molecule has 0 aliphatic carbocycles. The lowest BCUT2D eigenvalue weighted by molar-refractivity contribution is 0.837. The number of anilines is 2. The van der Waals surface area contributed by atoms with Gasteiger partial charge in [-0.1, -0.05) is 61.8 Å². The molecule has 0 fully saturated rings. The van der Waals surface area contributed by atoms with Gasteiger partial charge in [0.2, 0.25) is 0 Å². The Hall–Kier alpha value is -3.38. The lowest BCUT2D eigenvalue weighted by Gasteiger charge is -2.18. The van der Waals surface area contributed by atoms with Crippen LogP contribution in [0.5, 0.6) is 0 Å². The Morgan fingerprint density at radius 1 is 1.09 bits per heavy atom. The minimum atomic E-state index is 0.407. The molecule has 0 saturated heterocycles. The van der Waals surface area contributed by atoms with Crippen molar-refractivity contribution in [1.29, 1.82) is 0 Å². The molecule has 4 aromatic rings. The predicted molar refractivity (Wildman–Crippen MR) is 130 cm³/mol. The zero-order valence-corrected chi connectivity index (χ0v) is 19.1. The summed E-state index contributed by atoms with van der Waals surface area (Å²) in [6, 6.07) is 18.6. The van der Waals surface area contributed by atoms with Crippen molar-refractivity contribution < 1.29 is 0 Å². The molecule has 162 valence electrons. The predicted octanol–water partition coefficient (Wildman–Crippen LogP) is 5.80. The van der Waals surface area contributed by atoms with E-state index in [9.17, 15) is 0 Å². The van der Waals surface area contributed by atoms with Crippen LogP contribution in [-0.2, 0) is 6.54 Å². The van der Waals surface area contributed by atoms with Gasteiger partial charge in [-0.2, -0.15) is 5.10 Å². The molecule has 2 aromatic carbocycles. The normalized spacial score (nSPS) is 12.8. The minimum Gasteiger partial charge on any atom is -0.363 e. The Bertz CT molecular complexity index is 1260. The summed E-state index contributed by atoms with van der Waals surface area (Å²) in [5.41, 5.74) is 6.51. The van der Waals surface area contributed by atoms with E-state index in [1.54, 1.807) is 0 Å². The van der Waals surface area contributed by atoms with Gasteiger partial charge in [-0.3, -0.25) is 0 Å². The number of benzene rings is 2. The lowest BCUT2D eigenvalue weighted by Crippen LogP contribution is -2.22. The third kappa shape index (κ3) is 3.82. The topological polar surface area (TPSA) is 58.9 Å². The number of aryl methyl sites for hydroxylation is 1. The van der Waals surface area contributed by atoms with Crippen LogP contribution in [0.2, 0.25) is 5.15 Å². The molecule has 1 aliphatic rings. The first kappa shape index (κ1) is 20.5. The van der Waals surface area contributed by atoms with Crippen molar-refractivity contribution in [3.63, 3.8) is 0 Å². The summed E-state index contributed by atoms with van der Waals surface area (Å²) in [6.07, 6.45) is 1.89. The summed E-state index contributed by atoms with van der Waals surface area (Å²) in [4.78, 5) is 11.8. The molecule has 0 amide bonds. The average Bonchev–Trinajstić information content (AvgIpc) is 3.36. The zero-order chi connectivity index (χ0) is 22.2. The molecular weight excluding hydrogens is 420 g/mol. The third-order valence-electron chi connectivity index (χ3n) is 5.76. The van der Waals surface area contributed by atoms with Crippen molar-refractivity contribution >= 4 is 23.1 Å². The van der Waals surface area contributed by atoms with Gasteiger partial charge in [0.1, 0.15) is 0 Å². The molecule has 0 spiro atoms. The average molecular weight is 445 g/mol. The lowest BCUT2D eigenvalue weighted by atomic mass is 9.97. The minimum absolute atomic E-state index is 0.407. The summed E-state index contributed by atoms with van der Waals surface area (Å²) in [7, 11) is 0. The summed E-state index contributed by atoms with van der Waals surface area (Å²) in [6.45, 7) is 7.84. The van der Waals surface area contributed by atoms with Crippen molar-refractivity contribution in [2.24, 2.45) is 0 Å². The van der Waals surface area contributed by atoms with Gasteiger partial charge in [-0.15, -0.1) is 0 Å². The number of aromatic nitrogens is 4. The fraction of sp³-hybridized carbons (Fsp3) is 0.240. The van der Waals surface area contributed by atoms with Crippen molar-refractivity contribution in [2.75, 3.05) is 16.9 Å². The highest BCUT2D eigenvalue weighted by Crippen LogP contribution is 2.34. The Kier molecular flexibility index (Phi) is 5.31. The number of hydrogen-bond donors (Lipinski definition) is 1. The van der Waals surface area contributed by atoms with Gasteiger partial charge in [0.15, 0.2) is 16.8 Å². The second-order valence-electron chi connectivity index (χ2n) is 8.39. The van der Waals surface area contributed by atoms with Crippen LogP contribution in [0.25, 0.3) is 17.1 Å². The van der Waals surface area contributed by atoms with Crippen molar-refractivity contribution in [1.82, 2.24) is 19.7 Å². The van der Waals surface area contributed by atoms with Crippen molar-refractivity contribution in [2.45, 2.75) is 33.2 Å². The number of rotatable bonds is 5. The van der Waals surface area contributed by atoms with E-state index in [0.29, 0.717) is 17.7 Å². The summed E-state index contributed by atoms with van der Waals surface area (Å²) in [5, 5.41) is 8.25. The highest BCUT2D eigenvalue weighted by molar-refractivity contribution is 6.29. The van der Waals surface area contributed by atoms with Crippen LogP contribution >= 0.6 is 11.6 Å². The Morgan fingerprint density at radius 3 is 2.59 bits per heavy atom. The van der Waals surface area contributed by atoms with Crippen LogP contribution in [0.15, 0.2) is 60.8 Å². The van der Waals surface area contributed by atoms with E-state index >= 15 is 0 Å². The summed E-state index contributed by atoms with van der Waals surface area (Å²) >= 11 is 6.03. The van der Waals surface area contributed by atoms with E-state index < -0.39 is 0 Å². The summed E-state index contributed by atoms with van der Waals surface area (Å²) in [5.74, 6) is 2.11. The van der Waals surface area contributed by atoms with E-state index in [-0.39, 0.29) is 0 Å². The number of halogens is 1. The standard InChI is InChI=1S/C25H25ClN6/c1-16(2)20-6-4-5-7-21(20)24-27-13-22-25(29-24)31(15-28-22)14-18-8-10-19(11-9-18)32-17(3)12-23(26)30-32/h4-13,16,28H,14-15H2,1-3H3. The van der Waals surface area contributed by atoms with Crippen molar-refractivity contribution in [3.05, 3.63) is 82.8 Å². The van der Waals surface area contributed by atoms with Gasteiger partial charge in [0.05, 0.1) is 24.2 Å². The number of hydrogen-bond acceptors (Lipinski definition) is 5. The highest BCUT2D eigenvalue weighted by atomic mass is 35.5. The molecule has 0 atom stereocenters. The maximum absolute atomic E-state index is 6.03. The van der Waals surface area contributed by atoms with E-state index in [4.69, 9.17) is 16.6 Å². The maximum Gasteiger partial charge on any atom is 0.161 e. The molecule has 32 heavy (non-hydrogen) atoms. The third-order valence-corrected chi connectivity index (χ3v) is 5.95. The molecule has 5 rings (SSSR count). The van der Waals surface area contributed by atoms with E-state index in [1.165, 1.54) is 11.1 Å². The molecule has 0 saturated carbocycles.